The van der Waals surface area contributed by atoms with Crippen LogP contribution in [-0.4, -0.2) is 5.91 Å². The highest BCUT2D eigenvalue weighted by atomic mass is 127. The number of carbonyl (C=O) groups excluding carboxylic acids is 1. The van der Waals surface area contributed by atoms with Crippen molar-refractivity contribution in [2.45, 2.75) is 0 Å². The minimum atomic E-state index is -1.15. The molecule has 6 heteroatoms. The van der Waals surface area contributed by atoms with E-state index in [1.807, 2.05) is 6.07 Å². The van der Waals surface area contributed by atoms with Crippen molar-refractivity contribution in [1.29, 1.82) is 0 Å². The summed E-state index contributed by atoms with van der Waals surface area (Å²) in [6, 6.07) is 8.82. The van der Waals surface area contributed by atoms with Gasteiger partial charge in [-0.05, 0) is 68.9 Å². The SMILES string of the molecule is O=C(Nc1cc(I)ccc1Br)c1cccc(F)c1F. The zero-order chi connectivity index (χ0) is 14.0. The van der Waals surface area contributed by atoms with E-state index in [9.17, 15) is 13.6 Å². The van der Waals surface area contributed by atoms with Gasteiger partial charge in [-0.2, -0.15) is 0 Å². The Balaban J connectivity index is 2.31. The van der Waals surface area contributed by atoms with Crippen LogP contribution in [0.2, 0.25) is 0 Å². The average Bonchev–Trinajstić information content (AvgIpc) is 2.37. The van der Waals surface area contributed by atoms with Crippen LogP contribution in [0.3, 0.4) is 0 Å². The molecule has 0 saturated heterocycles. The van der Waals surface area contributed by atoms with Crippen molar-refractivity contribution in [2.24, 2.45) is 0 Å². The number of amides is 1. The molecule has 0 aliphatic heterocycles. The van der Waals surface area contributed by atoms with Gasteiger partial charge in [0.25, 0.3) is 5.91 Å². The van der Waals surface area contributed by atoms with Crippen LogP contribution in [0.25, 0.3) is 0 Å². The summed E-state index contributed by atoms with van der Waals surface area (Å²) in [5.74, 6) is -2.89. The number of benzene rings is 2. The smallest absolute Gasteiger partial charge is 0.258 e. The molecule has 0 bridgehead atoms. The van der Waals surface area contributed by atoms with E-state index in [0.717, 1.165) is 9.64 Å². The summed E-state index contributed by atoms with van der Waals surface area (Å²) >= 11 is 5.37. The van der Waals surface area contributed by atoms with Crippen LogP contribution in [0.4, 0.5) is 14.5 Å². The molecule has 0 fully saturated rings. The molecule has 0 radical (unpaired) electrons. The predicted octanol–water partition coefficient (Wildman–Crippen LogP) is 4.58. The van der Waals surface area contributed by atoms with Crippen LogP contribution < -0.4 is 5.32 Å². The summed E-state index contributed by atoms with van der Waals surface area (Å²) in [7, 11) is 0. The van der Waals surface area contributed by atoms with Crippen LogP contribution in [0.15, 0.2) is 40.9 Å². The molecule has 0 saturated carbocycles. The number of rotatable bonds is 2. The maximum Gasteiger partial charge on any atom is 0.258 e. The van der Waals surface area contributed by atoms with Gasteiger partial charge in [0.05, 0.1) is 11.3 Å². The van der Waals surface area contributed by atoms with Gasteiger partial charge in [0.2, 0.25) is 0 Å². The fraction of sp³-hybridized carbons (Fsp3) is 0. The lowest BCUT2D eigenvalue weighted by Crippen LogP contribution is -2.15. The molecule has 0 aromatic heterocycles. The molecule has 1 N–H and O–H groups in total. The van der Waals surface area contributed by atoms with E-state index in [1.165, 1.54) is 12.1 Å². The van der Waals surface area contributed by atoms with Gasteiger partial charge in [-0.3, -0.25) is 4.79 Å². The summed E-state index contributed by atoms with van der Waals surface area (Å²) in [6.45, 7) is 0. The minimum absolute atomic E-state index is 0.328. The maximum atomic E-state index is 13.5. The largest absolute Gasteiger partial charge is 0.321 e. The minimum Gasteiger partial charge on any atom is -0.321 e. The van der Waals surface area contributed by atoms with Crippen LogP contribution in [-0.2, 0) is 0 Å². The Kier molecular flexibility index (Phi) is 4.51. The monoisotopic (exact) mass is 437 g/mol. The third kappa shape index (κ3) is 3.30. The van der Waals surface area contributed by atoms with E-state index in [2.05, 4.69) is 43.8 Å². The highest BCUT2D eigenvalue weighted by Crippen LogP contribution is 2.25. The van der Waals surface area contributed by atoms with Gasteiger partial charge in [0.15, 0.2) is 11.6 Å². The molecule has 0 aliphatic rings. The average molecular weight is 438 g/mol. The number of halogens is 4. The molecule has 1 amide bonds. The van der Waals surface area contributed by atoms with Crippen LogP contribution in [0.5, 0.6) is 0 Å². The van der Waals surface area contributed by atoms with Gasteiger partial charge in [-0.15, -0.1) is 0 Å². The number of anilines is 1. The Labute approximate surface area is 130 Å². The molecule has 2 rings (SSSR count). The van der Waals surface area contributed by atoms with Crippen molar-refractivity contribution in [2.75, 3.05) is 5.32 Å². The molecule has 19 heavy (non-hydrogen) atoms. The Morgan fingerprint density at radius 3 is 2.68 bits per heavy atom. The second-order valence-electron chi connectivity index (χ2n) is 3.68. The molecule has 0 aliphatic carbocycles. The molecule has 2 nitrogen and oxygen atoms in total. The Hall–Kier alpha value is -1.02. The lowest BCUT2D eigenvalue weighted by atomic mass is 10.2. The summed E-state index contributed by atoms with van der Waals surface area (Å²) in [5.41, 5.74) is 0.173. The predicted molar refractivity (Wildman–Crippen MR) is 81.2 cm³/mol. The summed E-state index contributed by atoms with van der Waals surface area (Å²) in [6.07, 6.45) is 0. The Morgan fingerprint density at radius 2 is 1.95 bits per heavy atom. The molecule has 2 aromatic carbocycles. The topological polar surface area (TPSA) is 29.1 Å². The standard InChI is InChI=1S/C13H7BrF2INO/c14-9-5-4-7(17)6-11(9)18-13(19)8-2-1-3-10(15)12(8)16/h1-6H,(H,18,19). The van der Waals surface area contributed by atoms with E-state index in [1.54, 1.807) is 12.1 Å². The normalized spacial score (nSPS) is 10.3. The first-order valence-corrected chi connectivity index (χ1v) is 7.06. The van der Waals surface area contributed by atoms with Gasteiger partial charge in [0.1, 0.15) is 0 Å². The third-order valence-electron chi connectivity index (χ3n) is 2.37. The van der Waals surface area contributed by atoms with Crippen molar-refractivity contribution >= 4 is 50.1 Å². The van der Waals surface area contributed by atoms with Crippen molar-refractivity contribution in [3.8, 4) is 0 Å². The molecule has 0 unspecified atom stereocenters. The van der Waals surface area contributed by atoms with Gasteiger partial charge in [-0.1, -0.05) is 6.07 Å². The molecule has 98 valence electrons. The summed E-state index contributed by atoms with van der Waals surface area (Å²) < 4.78 is 28.1. The lowest BCUT2D eigenvalue weighted by molar-refractivity contribution is 0.102. The van der Waals surface area contributed by atoms with E-state index in [0.29, 0.717) is 10.2 Å². The van der Waals surface area contributed by atoms with Gasteiger partial charge < -0.3 is 5.32 Å². The first-order chi connectivity index (χ1) is 8.99. The second-order valence-corrected chi connectivity index (χ2v) is 5.78. The van der Waals surface area contributed by atoms with Crippen molar-refractivity contribution in [3.05, 3.63) is 61.6 Å². The van der Waals surface area contributed by atoms with Gasteiger partial charge >= 0.3 is 0 Å². The van der Waals surface area contributed by atoms with E-state index in [4.69, 9.17) is 0 Å². The van der Waals surface area contributed by atoms with E-state index >= 15 is 0 Å². The first kappa shape index (κ1) is 14.4. The van der Waals surface area contributed by atoms with Crippen molar-refractivity contribution in [3.63, 3.8) is 0 Å². The Morgan fingerprint density at radius 1 is 1.21 bits per heavy atom. The zero-order valence-electron chi connectivity index (χ0n) is 9.38. The quantitative estimate of drug-likeness (QED) is 0.684. The second kappa shape index (κ2) is 5.96. The van der Waals surface area contributed by atoms with Gasteiger partial charge in [0, 0.05) is 8.04 Å². The summed E-state index contributed by atoms with van der Waals surface area (Å²) in [5, 5.41) is 2.54. The first-order valence-electron chi connectivity index (χ1n) is 5.19. The number of hydrogen-bond acceptors (Lipinski definition) is 1. The molecule has 0 heterocycles. The Bertz CT molecular complexity index is 649. The molecular formula is C13H7BrF2INO. The molecular weight excluding hydrogens is 431 g/mol. The number of nitrogens with one attached hydrogen (secondary N) is 1. The highest BCUT2D eigenvalue weighted by molar-refractivity contribution is 14.1. The maximum absolute atomic E-state index is 13.5. The lowest BCUT2D eigenvalue weighted by Gasteiger charge is -2.08. The fourth-order valence-corrected chi connectivity index (χ4v) is 2.30. The van der Waals surface area contributed by atoms with Crippen molar-refractivity contribution < 1.29 is 13.6 Å². The van der Waals surface area contributed by atoms with Crippen molar-refractivity contribution in [1.82, 2.24) is 0 Å². The van der Waals surface area contributed by atoms with Gasteiger partial charge in [-0.25, -0.2) is 8.78 Å². The molecule has 2 aromatic rings. The van der Waals surface area contributed by atoms with E-state index < -0.39 is 17.5 Å². The van der Waals surface area contributed by atoms with Crippen LogP contribution in [0.1, 0.15) is 10.4 Å². The third-order valence-corrected chi connectivity index (χ3v) is 3.74. The molecule has 0 atom stereocenters. The zero-order valence-corrected chi connectivity index (χ0v) is 13.1. The molecule has 0 spiro atoms. The van der Waals surface area contributed by atoms with Crippen LogP contribution in [0, 0.1) is 15.2 Å². The highest BCUT2D eigenvalue weighted by Gasteiger charge is 2.16. The fourth-order valence-electron chi connectivity index (χ4n) is 1.46. The summed E-state index contributed by atoms with van der Waals surface area (Å²) in [4.78, 5) is 11.9. The number of carbonyl (C=O) groups is 1. The van der Waals surface area contributed by atoms with E-state index in [-0.39, 0.29) is 5.56 Å². The number of hydrogen-bond donors (Lipinski definition) is 1. The van der Waals surface area contributed by atoms with Crippen LogP contribution >= 0.6 is 38.5 Å².